The minimum atomic E-state index is -0.600. The second-order valence-corrected chi connectivity index (χ2v) is 6.32. The summed E-state index contributed by atoms with van der Waals surface area (Å²) in [5, 5.41) is 12.1. The van der Waals surface area contributed by atoms with Crippen molar-refractivity contribution in [3.8, 4) is 0 Å². The second-order valence-electron chi connectivity index (χ2n) is 6.32. The molecule has 0 aromatic heterocycles. The molecule has 2 rings (SSSR count). The van der Waals surface area contributed by atoms with Crippen molar-refractivity contribution in [3.63, 3.8) is 0 Å². The number of aliphatic hydroxyl groups is 1. The van der Waals surface area contributed by atoms with Crippen LogP contribution in [0, 0.1) is 5.41 Å². The fourth-order valence-corrected chi connectivity index (χ4v) is 2.82. The van der Waals surface area contributed by atoms with Crippen molar-refractivity contribution in [3.05, 3.63) is 35.9 Å². The van der Waals surface area contributed by atoms with Crippen LogP contribution in [0.1, 0.15) is 37.0 Å². The highest BCUT2D eigenvalue weighted by atomic mass is 16.3. The number of hydrogen-bond acceptors (Lipinski definition) is 3. The summed E-state index contributed by atoms with van der Waals surface area (Å²) in [6.45, 7) is 4.84. The molecule has 1 aliphatic rings. The Balaban J connectivity index is 2.04. The second kappa shape index (κ2) is 6.92. The molecule has 1 aromatic carbocycles. The van der Waals surface area contributed by atoms with Crippen LogP contribution in [0.2, 0.25) is 0 Å². The standard InChI is InChI=1S/C17H24N2O3/c1-13(20)11-18-16(22)17(2)9-6-10-19(12-17)15(21)14-7-4-3-5-8-14/h3-5,7-8,13,20H,6,9-12H2,1-2H3,(H,18,22). The Bertz CT molecular complexity index is 530. The largest absolute Gasteiger partial charge is 0.392 e. The maximum absolute atomic E-state index is 12.5. The summed E-state index contributed by atoms with van der Waals surface area (Å²) in [5.74, 6) is -0.131. The van der Waals surface area contributed by atoms with E-state index in [9.17, 15) is 14.7 Å². The Morgan fingerprint density at radius 3 is 2.68 bits per heavy atom. The molecule has 2 amide bonds. The van der Waals surface area contributed by atoms with Crippen LogP contribution in [0.25, 0.3) is 0 Å². The summed E-state index contributed by atoms with van der Waals surface area (Å²) in [6, 6.07) is 9.14. The monoisotopic (exact) mass is 304 g/mol. The average molecular weight is 304 g/mol. The molecule has 2 unspecified atom stereocenters. The molecule has 1 aromatic rings. The van der Waals surface area contributed by atoms with Crippen molar-refractivity contribution < 1.29 is 14.7 Å². The Hall–Kier alpha value is -1.88. The fourth-order valence-electron chi connectivity index (χ4n) is 2.82. The van der Waals surface area contributed by atoms with E-state index in [1.807, 2.05) is 25.1 Å². The minimum absolute atomic E-state index is 0.0325. The number of aliphatic hydroxyl groups excluding tert-OH is 1. The highest BCUT2D eigenvalue weighted by Crippen LogP contribution is 2.30. The number of rotatable bonds is 4. The van der Waals surface area contributed by atoms with Crippen molar-refractivity contribution in [2.75, 3.05) is 19.6 Å². The van der Waals surface area contributed by atoms with Gasteiger partial charge in [0.2, 0.25) is 5.91 Å². The van der Waals surface area contributed by atoms with Crippen molar-refractivity contribution in [2.24, 2.45) is 5.41 Å². The number of likely N-dealkylation sites (tertiary alicyclic amines) is 1. The van der Waals surface area contributed by atoms with E-state index in [-0.39, 0.29) is 18.4 Å². The summed E-state index contributed by atoms with van der Waals surface area (Å²) in [5.41, 5.74) is 0.0496. The van der Waals surface area contributed by atoms with Gasteiger partial charge < -0.3 is 15.3 Å². The Labute approximate surface area is 131 Å². The van der Waals surface area contributed by atoms with Crippen LogP contribution >= 0.6 is 0 Å². The molecule has 0 saturated carbocycles. The molecular weight excluding hydrogens is 280 g/mol. The van der Waals surface area contributed by atoms with Crippen LogP contribution in [-0.2, 0) is 4.79 Å². The smallest absolute Gasteiger partial charge is 0.253 e. The van der Waals surface area contributed by atoms with E-state index in [0.29, 0.717) is 18.7 Å². The van der Waals surface area contributed by atoms with E-state index in [2.05, 4.69) is 5.32 Å². The summed E-state index contributed by atoms with van der Waals surface area (Å²) in [6.07, 6.45) is 0.979. The molecule has 5 nitrogen and oxygen atoms in total. The van der Waals surface area contributed by atoms with Gasteiger partial charge in [-0.3, -0.25) is 9.59 Å². The minimum Gasteiger partial charge on any atom is -0.392 e. The lowest BCUT2D eigenvalue weighted by Crippen LogP contribution is -2.52. The van der Waals surface area contributed by atoms with Gasteiger partial charge in [0.15, 0.2) is 0 Å². The first kappa shape index (κ1) is 16.5. The first-order valence-corrected chi connectivity index (χ1v) is 7.73. The first-order chi connectivity index (χ1) is 10.4. The van der Waals surface area contributed by atoms with Crippen LogP contribution in [-0.4, -0.2) is 47.6 Å². The van der Waals surface area contributed by atoms with Crippen LogP contribution in [0.4, 0.5) is 0 Å². The quantitative estimate of drug-likeness (QED) is 0.884. The molecule has 0 radical (unpaired) electrons. The van der Waals surface area contributed by atoms with E-state index in [1.165, 1.54) is 0 Å². The van der Waals surface area contributed by atoms with Crippen molar-refractivity contribution in [2.45, 2.75) is 32.8 Å². The Morgan fingerprint density at radius 2 is 2.05 bits per heavy atom. The van der Waals surface area contributed by atoms with E-state index >= 15 is 0 Å². The van der Waals surface area contributed by atoms with Gasteiger partial charge in [-0.2, -0.15) is 0 Å². The molecule has 2 atom stereocenters. The summed E-state index contributed by atoms with van der Waals surface area (Å²) >= 11 is 0. The van der Waals surface area contributed by atoms with Crippen LogP contribution in [0.3, 0.4) is 0 Å². The lowest BCUT2D eigenvalue weighted by Gasteiger charge is -2.39. The summed E-state index contributed by atoms with van der Waals surface area (Å²) < 4.78 is 0. The van der Waals surface area contributed by atoms with E-state index < -0.39 is 11.5 Å². The Kier molecular flexibility index (Phi) is 5.19. The zero-order valence-corrected chi connectivity index (χ0v) is 13.2. The number of nitrogens with zero attached hydrogens (tertiary/aromatic N) is 1. The van der Waals surface area contributed by atoms with Gasteiger partial charge in [-0.1, -0.05) is 18.2 Å². The predicted octanol–water partition coefficient (Wildman–Crippen LogP) is 1.43. The molecule has 22 heavy (non-hydrogen) atoms. The molecule has 5 heteroatoms. The number of carbonyl (C=O) groups excluding carboxylic acids is 2. The van der Waals surface area contributed by atoms with Crippen molar-refractivity contribution >= 4 is 11.8 Å². The number of hydrogen-bond donors (Lipinski definition) is 2. The van der Waals surface area contributed by atoms with Gasteiger partial charge in [-0.05, 0) is 38.8 Å². The van der Waals surface area contributed by atoms with Gasteiger partial charge in [0.05, 0.1) is 11.5 Å². The zero-order valence-electron chi connectivity index (χ0n) is 13.2. The first-order valence-electron chi connectivity index (χ1n) is 7.73. The van der Waals surface area contributed by atoms with Crippen molar-refractivity contribution in [1.29, 1.82) is 0 Å². The van der Waals surface area contributed by atoms with E-state index in [4.69, 9.17) is 0 Å². The summed E-state index contributed by atoms with van der Waals surface area (Å²) in [7, 11) is 0. The highest BCUT2D eigenvalue weighted by molar-refractivity contribution is 5.95. The average Bonchev–Trinajstić information content (AvgIpc) is 2.52. The molecule has 2 N–H and O–H groups in total. The molecule has 120 valence electrons. The van der Waals surface area contributed by atoms with Crippen LogP contribution in [0.5, 0.6) is 0 Å². The van der Waals surface area contributed by atoms with Gasteiger partial charge >= 0.3 is 0 Å². The van der Waals surface area contributed by atoms with Crippen LogP contribution < -0.4 is 5.32 Å². The fraction of sp³-hybridized carbons (Fsp3) is 0.529. The molecule has 1 aliphatic heterocycles. The van der Waals surface area contributed by atoms with Gasteiger partial charge in [-0.25, -0.2) is 0 Å². The van der Waals surface area contributed by atoms with Gasteiger partial charge in [0.25, 0.3) is 5.91 Å². The van der Waals surface area contributed by atoms with Crippen LogP contribution in [0.15, 0.2) is 30.3 Å². The third kappa shape index (κ3) is 3.85. The van der Waals surface area contributed by atoms with E-state index in [1.54, 1.807) is 24.0 Å². The molecular formula is C17H24N2O3. The number of carbonyl (C=O) groups is 2. The number of benzene rings is 1. The topological polar surface area (TPSA) is 69.6 Å². The van der Waals surface area contributed by atoms with Gasteiger partial charge in [-0.15, -0.1) is 0 Å². The van der Waals surface area contributed by atoms with E-state index in [0.717, 1.165) is 12.8 Å². The molecule has 0 spiro atoms. The molecule has 0 bridgehead atoms. The molecule has 1 fully saturated rings. The van der Waals surface area contributed by atoms with Crippen molar-refractivity contribution in [1.82, 2.24) is 10.2 Å². The maximum Gasteiger partial charge on any atom is 0.253 e. The normalized spacial score (nSPS) is 23.0. The third-order valence-corrected chi connectivity index (χ3v) is 4.11. The molecule has 0 aliphatic carbocycles. The highest BCUT2D eigenvalue weighted by Gasteiger charge is 2.39. The van der Waals surface area contributed by atoms with Gasteiger partial charge in [0, 0.05) is 25.2 Å². The predicted molar refractivity (Wildman–Crippen MR) is 84.4 cm³/mol. The Morgan fingerprint density at radius 1 is 1.36 bits per heavy atom. The number of piperidine rings is 1. The van der Waals surface area contributed by atoms with Gasteiger partial charge in [0.1, 0.15) is 0 Å². The molecule has 1 heterocycles. The third-order valence-electron chi connectivity index (χ3n) is 4.11. The zero-order chi connectivity index (χ0) is 16.2. The maximum atomic E-state index is 12.5. The number of amides is 2. The SMILES string of the molecule is CC(O)CNC(=O)C1(C)CCCN(C(=O)c2ccccc2)C1. The number of nitrogens with one attached hydrogen (secondary N) is 1. The molecule has 1 saturated heterocycles. The lowest BCUT2D eigenvalue weighted by atomic mass is 9.80. The summed E-state index contributed by atoms with van der Waals surface area (Å²) in [4.78, 5) is 26.6. The lowest BCUT2D eigenvalue weighted by molar-refractivity contribution is -0.133.